The van der Waals surface area contributed by atoms with E-state index in [9.17, 15) is 9.18 Å². The van der Waals surface area contributed by atoms with Gasteiger partial charge in [0.15, 0.2) is 5.78 Å². The van der Waals surface area contributed by atoms with E-state index in [0.29, 0.717) is 12.0 Å². The van der Waals surface area contributed by atoms with Crippen LogP contribution in [0.3, 0.4) is 0 Å². The first-order valence-electron chi connectivity index (χ1n) is 6.72. The first-order chi connectivity index (χ1) is 9.66. The van der Waals surface area contributed by atoms with Crippen LogP contribution in [0.1, 0.15) is 27.9 Å². The van der Waals surface area contributed by atoms with Gasteiger partial charge < -0.3 is 0 Å². The number of halogens is 2. The molecule has 0 bridgehead atoms. The smallest absolute Gasteiger partial charge is 0.166 e. The largest absolute Gasteiger partial charge is 0.294 e. The van der Waals surface area contributed by atoms with Gasteiger partial charge in [-0.05, 0) is 36.5 Å². The van der Waals surface area contributed by atoms with E-state index < -0.39 is 5.82 Å². The van der Waals surface area contributed by atoms with E-state index >= 15 is 0 Å². The molecule has 0 saturated heterocycles. The van der Waals surface area contributed by atoms with E-state index in [2.05, 4.69) is 0 Å². The molecule has 1 atom stereocenters. The first kappa shape index (κ1) is 13.3. The number of carbonyl (C=O) groups excluding carboxylic acids is 1. The van der Waals surface area contributed by atoms with E-state index in [1.807, 2.05) is 24.3 Å². The second-order valence-electron chi connectivity index (χ2n) is 5.17. The number of fused-ring (bicyclic) bond motifs is 1. The van der Waals surface area contributed by atoms with Crippen molar-refractivity contribution < 1.29 is 9.18 Å². The summed E-state index contributed by atoms with van der Waals surface area (Å²) in [6, 6.07) is 12.5. The van der Waals surface area contributed by atoms with Gasteiger partial charge in [-0.2, -0.15) is 0 Å². The summed E-state index contributed by atoms with van der Waals surface area (Å²) in [7, 11) is 0. The van der Waals surface area contributed by atoms with Crippen molar-refractivity contribution in [2.45, 2.75) is 19.3 Å². The fourth-order valence-electron chi connectivity index (χ4n) is 2.83. The van der Waals surface area contributed by atoms with Gasteiger partial charge in [0.2, 0.25) is 0 Å². The summed E-state index contributed by atoms with van der Waals surface area (Å²) in [5, 5.41) is 0.138. The SMILES string of the molecule is O=C1c2ccccc2CCC1Cc1cccc(F)c1Cl. The fourth-order valence-corrected chi connectivity index (χ4v) is 3.03. The van der Waals surface area contributed by atoms with Gasteiger partial charge in [0.05, 0.1) is 5.02 Å². The molecule has 0 aromatic heterocycles. The molecule has 20 heavy (non-hydrogen) atoms. The minimum atomic E-state index is -0.423. The summed E-state index contributed by atoms with van der Waals surface area (Å²) >= 11 is 5.97. The number of ketones is 1. The highest BCUT2D eigenvalue weighted by atomic mass is 35.5. The van der Waals surface area contributed by atoms with Crippen LogP contribution < -0.4 is 0 Å². The van der Waals surface area contributed by atoms with Crippen molar-refractivity contribution in [3.63, 3.8) is 0 Å². The van der Waals surface area contributed by atoms with Crippen molar-refractivity contribution in [2.75, 3.05) is 0 Å². The third-order valence-corrected chi connectivity index (χ3v) is 4.34. The molecule has 0 N–H and O–H groups in total. The molecular weight excluding hydrogens is 275 g/mol. The Bertz CT molecular complexity index is 666. The molecule has 3 rings (SSSR count). The highest BCUT2D eigenvalue weighted by molar-refractivity contribution is 6.31. The van der Waals surface area contributed by atoms with E-state index in [-0.39, 0.29) is 16.7 Å². The van der Waals surface area contributed by atoms with E-state index in [4.69, 9.17) is 11.6 Å². The van der Waals surface area contributed by atoms with E-state index in [1.54, 1.807) is 12.1 Å². The van der Waals surface area contributed by atoms with Crippen molar-refractivity contribution in [3.8, 4) is 0 Å². The number of Topliss-reactive ketones (excluding diaryl/α,β-unsaturated/α-hetero) is 1. The van der Waals surface area contributed by atoms with Gasteiger partial charge in [-0.15, -0.1) is 0 Å². The zero-order valence-corrected chi connectivity index (χ0v) is 11.7. The van der Waals surface area contributed by atoms with Crippen LogP contribution in [0.25, 0.3) is 0 Å². The quantitative estimate of drug-likeness (QED) is 0.797. The van der Waals surface area contributed by atoms with Crippen LogP contribution in [0.2, 0.25) is 5.02 Å². The number of benzene rings is 2. The summed E-state index contributed by atoms with van der Waals surface area (Å²) in [4.78, 5) is 12.5. The standard InChI is InChI=1S/C17H14ClFO/c18-16-12(5-3-7-15(16)19)10-13-9-8-11-4-1-2-6-14(11)17(13)20/h1-7,13H,8-10H2. The maximum atomic E-state index is 13.5. The second-order valence-corrected chi connectivity index (χ2v) is 5.55. The molecule has 1 unspecified atom stereocenters. The molecule has 1 nitrogen and oxygen atoms in total. The van der Waals surface area contributed by atoms with Gasteiger partial charge in [-0.25, -0.2) is 4.39 Å². The van der Waals surface area contributed by atoms with Crippen LogP contribution in [0.4, 0.5) is 4.39 Å². The Morgan fingerprint density at radius 1 is 1.15 bits per heavy atom. The molecule has 0 amide bonds. The molecule has 3 heteroatoms. The summed E-state index contributed by atoms with van der Waals surface area (Å²) in [5.41, 5.74) is 2.62. The van der Waals surface area contributed by atoms with Crippen LogP contribution in [-0.4, -0.2) is 5.78 Å². The molecule has 0 fully saturated rings. The van der Waals surface area contributed by atoms with Gasteiger partial charge in [-0.1, -0.05) is 48.0 Å². The number of aryl methyl sites for hydroxylation is 1. The molecule has 0 aliphatic heterocycles. The van der Waals surface area contributed by atoms with Gasteiger partial charge >= 0.3 is 0 Å². The Morgan fingerprint density at radius 3 is 2.80 bits per heavy atom. The topological polar surface area (TPSA) is 17.1 Å². The van der Waals surface area contributed by atoms with Gasteiger partial charge in [-0.3, -0.25) is 4.79 Å². The molecule has 2 aromatic rings. The third kappa shape index (κ3) is 2.36. The van der Waals surface area contributed by atoms with Gasteiger partial charge in [0, 0.05) is 11.5 Å². The predicted molar refractivity (Wildman–Crippen MR) is 77.7 cm³/mol. The number of hydrogen-bond acceptors (Lipinski definition) is 1. The lowest BCUT2D eigenvalue weighted by Crippen LogP contribution is -2.24. The first-order valence-corrected chi connectivity index (χ1v) is 7.09. The zero-order chi connectivity index (χ0) is 14.1. The maximum Gasteiger partial charge on any atom is 0.166 e. The van der Waals surface area contributed by atoms with Crippen LogP contribution in [0.15, 0.2) is 42.5 Å². The Balaban J connectivity index is 1.87. The lowest BCUT2D eigenvalue weighted by atomic mass is 9.80. The Hall–Kier alpha value is -1.67. The second kappa shape index (κ2) is 5.37. The Kier molecular flexibility index (Phi) is 3.58. The maximum absolute atomic E-state index is 13.5. The summed E-state index contributed by atoms with van der Waals surface area (Å²) in [6.45, 7) is 0. The summed E-state index contributed by atoms with van der Waals surface area (Å²) < 4.78 is 13.5. The summed E-state index contributed by atoms with van der Waals surface area (Å²) in [5.74, 6) is -0.385. The third-order valence-electron chi connectivity index (χ3n) is 3.91. The van der Waals surface area contributed by atoms with Gasteiger partial charge in [0.1, 0.15) is 5.82 Å². The lowest BCUT2D eigenvalue weighted by molar-refractivity contribution is 0.0901. The summed E-state index contributed by atoms with van der Waals surface area (Å²) in [6.07, 6.45) is 2.19. The van der Waals surface area contributed by atoms with E-state index in [0.717, 1.165) is 24.0 Å². The molecule has 102 valence electrons. The van der Waals surface area contributed by atoms with E-state index in [1.165, 1.54) is 6.07 Å². The lowest BCUT2D eigenvalue weighted by Gasteiger charge is -2.23. The minimum absolute atomic E-state index is 0.107. The molecule has 1 aliphatic carbocycles. The van der Waals surface area contributed by atoms with Crippen LogP contribution in [-0.2, 0) is 12.8 Å². The van der Waals surface area contributed by atoms with Gasteiger partial charge in [0.25, 0.3) is 0 Å². The molecule has 2 aromatic carbocycles. The minimum Gasteiger partial charge on any atom is -0.294 e. The highest BCUT2D eigenvalue weighted by Crippen LogP contribution is 2.30. The Morgan fingerprint density at radius 2 is 1.95 bits per heavy atom. The monoisotopic (exact) mass is 288 g/mol. The number of rotatable bonds is 2. The van der Waals surface area contributed by atoms with Crippen molar-refractivity contribution in [1.29, 1.82) is 0 Å². The van der Waals surface area contributed by atoms with Crippen LogP contribution in [0, 0.1) is 11.7 Å². The molecule has 1 aliphatic rings. The Labute approximate surface area is 122 Å². The highest BCUT2D eigenvalue weighted by Gasteiger charge is 2.27. The number of hydrogen-bond donors (Lipinski definition) is 0. The molecule has 0 spiro atoms. The van der Waals surface area contributed by atoms with Crippen LogP contribution >= 0.6 is 11.6 Å². The van der Waals surface area contributed by atoms with Crippen molar-refractivity contribution in [3.05, 3.63) is 70.0 Å². The molecule has 0 heterocycles. The molecule has 0 saturated carbocycles. The average molecular weight is 289 g/mol. The fraction of sp³-hybridized carbons (Fsp3) is 0.235. The average Bonchev–Trinajstić information content (AvgIpc) is 2.47. The predicted octanol–water partition coefficient (Wildman–Crippen LogP) is 4.47. The zero-order valence-electron chi connectivity index (χ0n) is 10.9. The molecular formula is C17H14ClFO. The normalized spacial score (nSPS) is 17.9. The molecule has 0 radical (unpaired) electrons. The van der Waals surface area contributed by atoms with Crippen molar-refractivity contribution >= 4 is 17.4 Å². The van der Waals surface area contributed by atoms with Crippen LogP contribution in [0.5, 0.6) is 0 Å². The van der Waals surface area contributed by atoms with Crippen molar-refractivity contribution in [1.82, 2.24) is 0 Å². The number of carbonyl (C=O) groups is 1. The van der Waals surface area contributed by atoms with Crippen molar-refractivity contribution in [2.24, 2.45) is 5.92 Å².